The van der Waals surface area contributed by atoms with Gasteiger partial charge in [0.15, 0.2) is 5.16 Å². The van der Waals surface area contributed by atoms with Crippen molar-refractivity contribution in [1.29, 1.82) is 0 Å². The van der Waals surface area contributed by atoms with Crippen LogP contribution in [0.25, 0.3) is 0 Å². The van der Waals surface area contributed by atoms with Crippen LogP contribution in [-0.4, -0.2) is 52.3 Å². The summed E-state index contributed by atoms with van der Waals surface area (Å²) in [4.78, 5) is 17.2. The minimum absolute atomic E-state index is 0.276. The maximum atomic E-state index is 13.2. The van der Waals surface area contributed by atoms with E-state index in [4.69, 9.17) is 0 Å². The van der Waals surface area contributed by atoms with Gasteiger partial charge < -0.3 is 4.90 Å². The van der Waals surface area contributed by atoms with E-state index in [1.165, 1.54) is 6.20 Å². The van der Waals surface area contributed by atoms with E-state index in [2.05, 4.69) is 24.8 Å². The molecule has 116 valence electrons. The zero-order valence-electron chi connectivity index (χ0n) is 12.4. The molecule has 3 rings (SSSR count). The van der Waals surface area contributed by atoms with Crippen molar-refractivity contribution < 1.29 is 4.39 Å². The second kappa shape index (κ2) is 7.02. The third kappa shape index (κ3) is 3.72. The predicted molar refractivity (Wildman–Crippen MR) is 85.5 cm³/mol. The molecule has 2 aromatic heterocycles. The molecule has 1 aliphatic heterocycles. The fraction of sp³-hybridized carbons (Fsp3) is 0.400. The Morgan fingerprint density at radius 3 is 2.77 bits per heavy atom. The lowest BCUT2D eigenvalue weighted by molar-refractivity contribution is 0.248. The van der Waals surface area contributed by atoms with Crippen LogP contribution in [0.4, 0.5) is 10.2 Å². The molecule has 0 amide bonds. The Morgan fingerprint density at radius 1 is 1.23 bits per heavy atom. The summed E-state index contributed by atoms with van der Waals surface area (Å²) in [5.41, 5.74) is 0.917. The number of rotatable bonds is 4. The van der Waals surface area contributed by atoms with E-state index in [0.717, 1.165) is 49.3 Å². The van der Waals surface area contributed by atoms with Crippen LogP contribution in [0.15, 0.2) is 35.9 Å². The van der Waals surface area contributed by atoms with Crippen molar-refractivity contribution >= 4 is 17.6 Å². The minimum atomic E-state index is -0.276. The zero-order valence-corrected chi connectivity index (χ0v) is 13.3. The number of hydrogen-bond acceptors (Lipinski definition) is 6. The average molecular weight is 319 g/mol. The quantitative estimate of drug-likeness (QED) is 0.635. The van der Waals surface area contributed by atoms with Crippen molar-refractivity contribution in [2.75, 3.05) is 37.3 Å². The van der Waals surface area contributed by atoms with Gasteiger partial charge in [-0.05, 0) is 24.0 Å². The SMILES string of the molecule is CSc1nccc(N2CCN(Cc3cncc(F)c3)CC2)n1. The first-order valence-electron chi connectivity index (χ1n) is 7.18. The fourth-order valence-electron chi connectivity index (χ4n) is 2.54. The Balaban J connectivity index is 1.58. The second-order valence-electron chi connectivity index (χ2n) is 5.18. The smallest absolute Gasteiger partial charge is 0.189 e. The Bertz CT molecular complexity index is 631. The number of aromatic nitrogens is 3. The number of halogens is 1. The van der Waals surface area contributed by atoms with Gasteiger partial charge in [0.1, 0.15) is 11.6 Å². The van der Waals surface area contributed by atoms with E-state index in [0.29, 0.717) is 0 Å². The highest BCUT2D eigenvalue weighted by Crippen LogP contribution is 2.17. The molecule has 0 bridgehead atoms. The summed E-state index contributed by atoms with van der Waals surface area (Å²) < 4.78 is 13.2. The Kier molecular flexibility index (Phi) is 4.84. The van der Waals surface area contributed by atoms with Gasteiger partial charge >= 0.3 is 0 Å². The molecule has 0 spiro atoms. The molecule has 1 saturated heterocycles. The molecule has 0 N–H and O–H groups in total. The lowest BCUT2D eigenvalue weighted by Crippen LogP contribution is -2.46. The minimum Gasteiger partial charge on any atom is -0.354 e. The highest BCUT2D eigenvalue weighted by atomic mass is 32.2. The summed E-state index contributed by atoms with van der Waals surface area (Å²) >= 11 is 1.55. The van der Waals surface area contributed by atoms with Crippen LogP contribution in [0.3, 0.4) is 0 Å². The number of thioether (sulfide) groups is 1. The molecule has 2 aromatic rings. The van der Waals surface area contributed by atoms with Crippen LogP contribution in [0.2, 0.25) is 0 Å². The van der Waals surface area contributed by atoms with Gasteiger partial charge in [-0.15, -0.1) is 0 Å². The van der Waals surface area contributed by atoms with Gasteiger partial charge in [0.05, 0.1) is 6.20 Å². The molecule has 5 nitrogen and oxygen atoms in total. The van der Waals surface area contributed by atoms with E-state index < -0.39 is 0 Å². The van der Waals surface area contributed by atoms with Crippen LogP contribution in [-0.2, 0) is 6.54 Å². The summed E-state index contributed by atoms with van der Waals surface area (Å²) in [5, 5.41) is 0.797. The van der Waals surface area contributed by atoms with E-state index in [1.807, 2.05) is 12.3 Å². The van der Waals surface area contributed by atoms with Crippen molar-refractivity contribution in [2.45, 2.75) is 11.7 Å². The second-order valence-corrected chi connectivity index (χ2v) is 5.95. The van der Waals surface area contributed by atoms with Crippen molar-refractivity contribution in [3.63, 3.8) is 0 Å². The van der Waals surface area contributed by atoms with Gasteiger partial charge in [0.25, 0.3) is 0 Å². The highest BCUT2D eigenvalue weighted by molar-refractivity contribution is 7.98. The van der Waals surface area contributed by atoms with Gasteiger partial charge in [-0.3, -0.25) is 9.88 Å². The van der Waals surface area contributed by atoms with E-state index >= 15 is 0 Å². The summed E-state index contributed by atoms with van der Waals surface area (Å²) in [6.45, 7) is 4.41. The number of anilines is 1. The van der Waals surface area contributed by atoms with Gasteiger partial charge in [-0.1, -0.05) is 11.8 Å². The molecule has 0 aromatic carbocycles. The van der Waals surface area contributed by atoms with Crippen molar-refractivity contribution in [1.82, 2.24) is 19.9 Å². The van der Waals surface area contributed by atoms with Gasteiger partial charge in [0.2, 0.25) is 0 Å². The molecule has 0 aliphatic carbocycles. The third-order valence-corrected chi connectivity index (χ3v) is 4.23. The summed E-state index contributed by atoms with van der Waals surface area (Å²) in [6.07, 6.45) is 6.74. The third-order valence-electron chi connectivity index (χ3n) is 3.67. The zero-order chi connectivity index (χ0) is 15.4. The molecule has 3 heterocycles. The Hall–Kier alpha value is -1.73. The van der Waals surface area contributed by atoms with Gasteiger partial charge in [-0.2, -0.15) is 0 Å². The molecule has 7 heteroatoms. The molecule has 0 atom stereocenters. The molecule has 0 saturated carbocycles. The van der Waals surface area contributed by atoms with Gasteiger partial charge in [0, 0.05) is 45.1 Å². The standard InChI is InChI=1S/C15H18FN5S/c1-22-15-18-3-2-14(19-15)21-6-4-20(5-7-21)11-12-8-13(16)10-17-9-12/h2-3,8-10H,4-7,11H2,1H3. The topological polar surface area (TPSA) is 45.2 Å². The summed E-state index contributed by atoms with van der Waals surface area (Å²) in [7, 11) is 0. The van der Waals surface area contributed by atoms with E-state index in [-0.39, 0.29) is 5.82 Å². The van der Waals surface area contributed by atoms with Crippen molar-refractivity contribution in [3.05, 3.63) is 42.1 Å². The number of pyridine rings is 1. The van der Waals surface area contributed by atoms with Crippen LogP contribution in [0.1, 0.15) is 5.56 Å². The maximum Gasteiger partial charge on any atom is 0.189 e. The molecule has 22 heavy (non-hydrogen) atoms. The number of hydrogen-bond donors (Lipinski definition) is 0. The van der Waals surface area contributed by atoms with E-state index in [1.54, 1.807) is 30.2 Å². The van der Waals surface area contributed by atoms with Crippen LogP contribution >= 0.6 is 11.8 Å². The lowest BCUT2D eigenvalue weighted by atomic mass is 10.2. The normalized spacial score (nSPS) is 16.0. The van der Waals surface area contributed by atoms with Crippen LogP contribution in [0.5, 0.6) is 0 Å². The van der Waals surface area contributed by atoms with Crippen LogP contribution < -0.4 is 4.90 Å². The van der Waals surface area contributed by atoms with Crippen molar-refractivity contribution in [2.24, 2.45) is 0 Å². The first-order chi connectivity index (χ1) is 10.7. The monoisotopic (exact) mass is 319 g/mol. The van der Waals surface area contributed by atoms with Gasteiger partial charge in [-0.25, -0.2) is 14.4 Å². The predicted octanol–water partition coefficient (Wildman–Crippen LogP) is 2.05. The fourth-order valence-corrected chi connectivity index (χ4v) is 2.89. The first-order valence-corrected chi connectivity index (χ1v) is 8.41. The number of nitrogens with zero attached hydrogens (tertiary/aromatic N) is 5. The number of piperazine rings is 1. The van der Waals surface area contributed by atoms with E-state index in [9.17, 15) is 4.39 Å². The Labute approximate surface area is 133 Å². The Morgan fingerprint density at radius 2 is 2.05 bits per heavy atom. The molecule has 0 radical (unpaired) electrons. The molecule has 0 unspecified atom stereocenters. The largest absolute Gasteiger partial charge is 0.354 e. The first kappa shape index (κ1) is 15.2. The lowest BCUT2D eigenvalue weighted by Gasteiger charge is -2.35. The summed E-state index contributed by atoms with van der Waals surface area (Å²) in [6, 6.07) is 3.50. The highest BCUT2D eigenvalue weighted by Gasteiger charge is 2.18. The molecular weight excluding hydrogens is 301 g/mol. The van der Waals surface area contributed by atoms with Crippen LogP contribution in [0, 0.1) is 5.82 Å². The molecule has 1 aliphatic rings. The molecular formula is C15H18FN5S. The van der Waals surface area contributed by atoms with Crippen molar-refractivity contribution in [3.8, 4) is 0 Å². The molecule has 1 fully saturated rings. The average Bonchev–Trinajstić information content (AvgIpc) is 2.56. The summed E-state index contributed by atoms with van der Waals surface area (Å²) in [5.74, 6) is 0.702. The maximum absolute atomic E-state index is 13.2.